The molecule has 0 radical (unpaired) electrons. The van der Waals surface area contributed by atoms with E-state index < -0.39 is 0 Å². The van der Waals surface area contributed by atoms with Crippen molar-refractivity contribution in [3.05, 3.63) is 0 Å². The van der Waals surface area contributed by atoms with Crippen LogP contribution < -0.4 is 5.73 Å². The number of hydrogen-bond acceptors (Lipinski definition) is 2. The second-order valence-corrected chi connectivity index (χ2v) is 5.23. The minimum Gasteiger partial charge on any atom is -0.339 e. The second-order valence-electron chi connectivity index (χ2n) is 5.23. The molecule has 0 rings (SSSR count). The molecule has 0 aromatic rings. The molecule has 0 saturated carbocycles. The fraction of sp³-hybridized carbons (Fsp3) is 0.923. The van der Waals surface area contributed by atoms with Gasteiger partial charge >= 0.3 is 0 Å². The van der Waals surface area contributed by atoms with Gasteiger partial charge in [-0.3, -0.25) is 4.79 Å². The van der Waals surface area contributed by atoms with Crippen LogP contribution in [0.5, 0.6) is 0 Å². The molecule has 1 unspecified atom stereocenters. The van der Waals surface area contributed by atoms with Crippen LogP contribution in [0, 0.1) is 5.92 Å². The van der Waals surface area contributed by atoms with E-state index in [1.165, 1.54) is 0 Å². The fourth-order valence-electron chi connectivity index (χ4n) is 1.71. The molecule has 0 bridgehead atoms. The molecule has 0 aliphatic heterocycles. The van der Waals surface area contributed by atoms with Crippen LogP contribution >= 0.6 is 0 Å². The summed E-state index contributed by atoms with van der Waals surface area (Å²) in [6, 6.07) is -0.0799. The van der Waals surface area contributed by atoms with E-state index in [0.717, 1.165) is 25.8 Å². The Morgan fingerprint density at radius 3 is 2.19 bits per heavy atom. The van der Waals surface area contributed by atoms with E-state index >= 15 is 0 Å². The molecule has 1 amide bonds. The van der Waals surface area contributed by atoms with Crippen molar-refractivity contribution in [1.29, 1.82) is 0 Å². The molecule has 0 spiro atoms. The lowest BCUT2D eigenvalue weighted by atomic mass is 10.1. The summed E-state index contributed by atoms with van der Waals surface area (Å²) in [5, 5.41) is 0. The van der Waals surface area contributed by atoms with Gasteiger partial charge in [0.25, 0.3) is 0 Å². The van der Waals surface area contributed by atoms with E-state index in [0.29, 0.717) is 5.92 Å². The maximum absolute atomic E-state index is 12.1. The highest BCUT2D eigenvalue weighted by Crippen LogP contribution is 2.09. The molecule has 0 saturated heterocycles. The van der Waals surface area contributed by atoms with Crippen molar-refractivity contribution in [1.82, 2.24) is 4.90 Å². The highest BCUT2D eigenvalue weighted by atomic mass is 16.2. The summed E-state index contributed by atoms with van der Waals surface area (Å²) in [5.41, 5.74) is 5.93. The molecule has 0 aromatic carbocycles. The van der Waals surface area contributed by atoms with Crippen molar-refractivity contribution in [2.75, 3.05) is 6.54 Å². The molecule has 2 N–H and O–H groups in total. The number of unbranched alkanes of at least 4 members (excludes halogenated alkanes) is 1. The largest absolute Gasteiger partial charge is 0.339 e. The molecule has 0 fully saturated rings. The third-order valence-electron chi connectivity index (χ3n) is 2.65. The number of rotatable bonds is 7. The van der Waals surface area contributed by atoms with Gasteiger partial charge in [-0.15, -0.1) is 0 Å². The first-order valence-electron chi connectivity index (χ1n) is 6.46. The van der Waals surface area contributed by atoms with Gasteiger partial charge in [0.15, 0.2) is 0 Å². The Balaban J connectivity index is 4.36. The van der Waals surface area contributed by atoms with E-state index in [1.807, 2.05) is 18.7 Å². The number of nitrogens with zero attached hydrogens (tertiary/aromatic N) is 1. The predicted molar refractivity (Wildman–Crippen MR) is 69.2 cm³/mol. The summed E-state index contributed by atoms with van der Waals surface area (Å²) >= 11 is 0. The Labute approximate surface area is 100 Å². The van der Waals surface area contributed by atoms with Gasteiger partial charge < -0.3 is 10.6 Å². The Morgan fingerprint density at radius 2 is 1.81 bits per heavy atom. The van der Waals surface area contributed by atoms with Gasteiger partial charge in [-0.1, -0.05) is 33.6 Å². The highest BCUT2D eigenvalue weighted by Gasteiger charge is 2.23. The van der Waals surface area contributed by atoms with E-state index in [9.17, 15) is 4.79 Å². The van der Waals surface area contributed by atoms with Crippen molar-refractivity contribution < 1.29 is 4.79 Å². The molecule has 3 heteroatoms. The summed E-state index contributed by atoms with van der Waals surface area (Å²) in [6.45, 7) is 11.3. The average Bonchev–Trinajstić information content (AvgIpc) is 2.20. The van der Waals surface area contributed by atoms with Crippen LogP contribution in [0.2, 0.25) is 0 Å². The molecule has 16 heavy (non-hydrogen) atoms. The minimum absolute atomic E-state index is 0.108. The van der Waals surface area contributed by atoms with Crippen LogP contribution in [-0.4, -0.2) is 29.4 Å². The molecule has 0 aliphatic carbocycles. The van der Waals surface area contributed by atoms with Gasteiger partial charge in [0.05, 0.1) is 6.04 Å². The molecular weight excluding hydrogens is 200 g/mol. The molecule has 0 aliphatic rings. The summed E-state index contributed by atoms with van der Waals surface area (Å²) in [4.78, 5) is 14.0. The molecular formula is C13H28N2O. The van der Waals surface area contributed by atoms with Crippen molar-refractivity contribution in [3.8, 4) is 0 Å². The third kappa shape index (κ3) is 5.50. The van der Waals surface area contributed by atoms with Gasteiger partial charge in [-0.2, -0.15) is 0 Å². The zero-order valence-corrected chi connectivity index (χ0v) is 11.5. The van der Waals surface area contributed by atoms with Crippen LogP contribution in [0.1, 0.15) is 53.9 Å². The van der Waals surface area contributed by atoms with Crippen LogP contribution in [0.3, 0.4) is 0 Å². The number of carbonyl (C=O) groups is 1. The first-order chi connectivity index (χ1) is 7.40. The van der Waals surface area contributed by atoms with E-state index in [2.05, 4.69) is 20.8 Å². The van der Waals surface area contributed by atoms with Gasteiger partial charge in [0.2, 0.25) is 5.91 Å². The molecule has 3 nitrogen and oxygen atoms in total. The van der Waals surface area contributed by atoms with Gasteiger partial charge in [0, 0.05) is 12.6 Å². The van der Waals surface area contributed by atoms with Crippen LogP contribution in [0.15, 0.2) is 0 Å². The summed E-state index contributed by atoms with van der Waals surface area (Å²) in [7, 11) is 0. The van der Waals surface area contributed by atoms with Crippen LogP contribution in [0.4, 0.5) is 0 Å². The van der Waals surface area contributed by atoms with Crippen molar-refractivity contribution >= 4 is 5.91 Å². The standard InChI is InChI=1S/C13H28N2O/c1-6-7-8-12(14)13(16)15(11(4)5)9-10(2)3/h10-12H,6-9,14H2,1-5H3. The monoisotopic (exact) mass is 228 g/mol. The summed E-state index contributed by atoms with van der Waals surface area (Å²) in [6.07, 6.45) is 2.92. The predicted octanol–water partition coefficient (Wildman–Crippen LogP) is 2.40. The summed E-state index contributed by atoms with van der Waals surface area (Å²) in [5.74, 6) is 0.599. The van der Waals surface area contributed by atoms with Crippen molar-refractivity contribution in [2.45, 2.75) is 66.0 Å². The Bertz CT molecular complexity index is 202. The first kappa shape index (κ1) is 15.4. The highest BCUT2D eigenvalue weighted by molar-refractivity contribution is 5.81. The van der Waals surface area contributed by atoms with Gasteiger partial charge in [-0.05, 0) is 26.2 Å². The fourth-order valence-corrected chi connectivity index (χ4v) is 1.71. The Hall–Kier alpha value is -0.570. The lowest BCUT2D eigenvalue weighted by Crippen LogP contribution is -2.48. The smallest absolute Gasteiger partial charge is 0.239 e. The lowest BCUT2D eigenvalue weighted by Gasteiger charge is -2.30. The number of carbonyl (C=O) groups excluding carboxylic acids is 1. The van der Waals surface area contributed by atoms with Gasteiger partial charge in [0.1, 0.15) is 0 Å². The average molecular weight is 228 g/mol. The zero-order valence-electron chi connectivity index (χ0n) is 11.5. The van der Waals surface area contributed by atoms with E-state index in [-0.39, 0.29) is 18.0 Å². The first-order valence-corrected chi connectivity index (χ1v) is 6.46. The Morgan fingerprint density at radius 1 is 1.25 bits per heavy atom. The minimum atomic E-state index is -0.318. The third-order valence-corrected chi connectivity index (χ3v) is 2.65. The number of nitrogens with two attached hydrogens (primary N) is 1. The SMILES string of the molecule is CCCCC(N)C(=O)N(CC(C)C)C(C)C. The van der Waals surface area contributed by atoms with E-state index in [4.69, 9.17) is 5.73 Å². The molecule has 0 heterocycles. The lowest BCUT2D eigenvalue weighted by molar-refractivity contribution is -0.135. The molecule has 1 atom stereocenters. The van der Waals surface area contributed by atoms with E-state index in [1.54, 1.807) is 0 Å². The van der Waals surface area contributed by atoms with Crippen LogP contribution in [0.25, 0.3) is 0 Å². The Kier molecular flexibility index (Phi) is 7.39. The number of hydrogen-bond donors (Lipinski definition) is 1. The normalized spacial score (nSPS) is 13.2. The second kappa shape index (κ2) is 7.66. The summed E-state index contributed by atoms with van der Waals surface area (Å²) < 4.78 is 0. The zero-order chi connectivity index (χ0) is 12.7. The quantitative estimate of drug-likeness (QED) is 0.727. The molecule has 96 valence electrons. The topological polar surface area (TPSA) is 46.3 Å². The van der Waals surface area contributed by atoms with Gasteiger partial charge in [-0.25, -0.2) is 0 Å². The van der Waals surface area contributed by atoms with Crippen molar-refractivity contribution in [2.24, 2.45) is 11.7 Å². The van der Waals surface area contributed by atoms with Crippen molar-refractivity contribution in [3.63, 3.8) is 0 Å². The maximum Gasteiger partial charge on any atom is 0.239 e. The molecule has 0 aromatic heterocycles. The maximum atomic E-state index is 12.1. The number of amides is 1. The van der Waals surface area contributed by atoms with Crippen LogP contribution in [-0.2, 0) is 4.79 Å².